The summed E-state index contributed by atoms with van der Waals surface area (Å²) in [5.74, 6) is 0.353. The van der Waals surface area contributed by atoms with E-state index in [0.717, 1.165) is 11.1 Å². The van der Waals surface area contributed by atoms with Crippen molar-refractivity contribution in [3.8, 4) is 0 Å². The van der Waals surface area contributed by atoms with E-state index in [4.69, 9.17) is 4.74 Å². The smallest absolute Gasteiger partial charge is 0.232 e. The lowest BCUT2D eigenvalue weighted by Gasteiger charge is -2.38. The molecule has 0 bridgehead atoms. The Labute approximate surface area is 117 Å². The molecular weight excluding hydrogens is 286 g/mol. The molecule has 0 aromatic rings. The van der Waals surface area contributed by atoms with Crippen molar-refractivity contribution in [2.45, 2.75) is 31.3 Å². The van der Waals surface area contributed by atoms with Crippen molar-refractivity contribution in [3.05, 3.63) is 11.1 Å². The molecule has 1 fully saturated rings. The van der Waals surface area contributed by atoms with Crippen LogP contribution in [0.15, 0.2) is 11.1 Å². The van der Waals surface area contributed by atoms with Gasteiger partial charge in [-0.3, -0.25) is 4.21 Å². The fraction of sp³-hybridized carbons (Fsp3) is 0.833. The predicted octanol–water partition coefficient (Wildman–Crippen LogP) is 0.853. The Kier molecular flexibility index (Phi) is 4.21. The standard InChI is InChI=1S/C12H21NO4S2/c1-10-8-12(3,18(14)9-11(10)2)19(15,16)13-4-6-17-7-5-13/h4-9H2,1-3H3/t12-,18?/m0/s1. The Bertz CT molecular complexity index is 520. The van der Waals surface area contributed by atoms with E-state index in [1.54, 1.807) is 6.92 Å². The fourth-order valence-electron chi connectivity index (χ4n) is 2.45. The summed E-state index contributed by atoms with van der Waals surface area (Å²) in [5, 5.41) is 0. The maximum absolute atomic E-state index is 12.8. The van der Waals surface area contributed by atoms with Gasteiger partial charge < -0.3 is 4.74 Å². The van der Waals surface area contributed by atoms with E-state index in [2.05, 4.69) is 0 Å². The summed E-state index contributed by atoms with van der Waals surface area (Å²) in [5.41, 5.74) is 2.09. The third-order valence-corrected chi connectivity index (χ3v) is 9.27. The molecule has 19 heavy (non-hydrogen) atoms. The highest BCUT2D eigenvalue weighted by Gasteiger charge is 2.50. The second-order valence-electron chi connectivity index (χ2n) is 5.38. The van der Waals surface area contributed by atoms with E-state index in [-0.39, 0.29) is 0 Å². The summed E-state index contributed by atoms with van der Waals surface area (Å²) in [6, 6.07) is 0. The van der Waals surface area contributed by atoms with Crippen LogP contribution in [-0.4, -0.2) is 53.1 Å². The van der Waals surface area contributed by atoms with Crippen LogP contribution in [0.25, 0.3) is 0 Å². The molecule has 2 heterocycles. The fourth-order valence-corrected chi connectivity index (χ4v) is 6.78. The highest BCUT2D eigenvalue weighted by atomic mass is 32.3. The molecule has 1 saturated heterocycles. The summed E-state index contributed by atoms with van der Waals surface area (Å²) >= 11 is 0. The second kappa shape index (κ2) is 5.27. The number of rotatable bonds is 2. The van der Waals surface area contributed by atoms with Gasteiger partial charge >= 0.3 is 0 Å². The van der Waals surface area contributed by atoms with Gasteiger partial charge in [0.2, 0.25) is 10.0 Å². The van der Waals surface area contributed by atoms with Crippen molar-refractivity contribution in [1.29, 1.82) is 0 Å². The van der Waals surface area contributed by atoms with Crippen molar-refractivity contribution in [2.75, 3.05) is 32.1 Å². The molecule has 2 atom stereocenters. The molecule has 7 heteroatoms. The van der Waals surface area contributed by atoms with Gasteiger partial charge in [-0.25, -0.2) is 8.42 Å². The molecule has 1 unspecified atom stereocenters. The van der Waals surface area contributed by atoms with E-state index >= 15 is 0 Å². The van der Waals surface area contributed by atoms with Crippen LogP contribution in [-0.2, 0) is 25.6 Å². The van der Waals surface area contributed by atoms with Crippen molar-refractivity contribution >= 4 is 20.8 Å². The van der Waals surface area contributed by atoms with Crippen LogP contribution in [0.4, 0.5) is 0 Å². The molecule has 0 N–H and O–H groups in total. The third kappa shape index (κ3) is 2.53. The number of hydrogen-bond acceptors (Lipinski definition) is 4. The van der Waals surface area contributed by atoms with Gasteiger partial charge in [0.15, 0.2) is 4.08 Å². The topological polar surface area (TPSA) is 63.7 Å². The first kappa shape index (κ1) is 15.2. The second-order valence-corrected chi connectivity index (χ2v) is 9.88. The Morgan fingerprint density at radius 3 is 2.37 bits per heavy atom. The Morgan fingerprint density at radius 1 is 1.21 bits per heavy atom. The minimum Gasteiger partial charge on any atom is -0.379 e. The van der Waals surface area contributed by atoms with E-state index in [9.17, 15) is 12.6 Å². The lowest BCUT2D eigenvalue weighted by atomic mass is 10.1. The molecule has 2 rings (SSSR count). The number of allylic oxidation sites excluding steroid dienone is 1. The van der Waals surface area contributed by atoms with Crippen molar-refractivity contribution < 1.29 is 17.4 Å². The zero-order valence-electron chi connectivity index (χ0n) is 11.6. The summed E-state index contributed by atoms with van der Waals surface area (Å²) in [7, 11) is -4.96. The molecule has 2 aliphatic rings. The minimum atomic E-state index is -3.57. The molecule has 0 radical (unpaired) electrons. The normalized spacial score (nSPS) is 34.6. The number of morpholine rings is 1. The predicted molar refractivity (Wildman–Crippen MR) is 75.7 cm³/mol. The monoisotopic (exact) mass is 307 g/mol. The first-order chi connectivity index (χ1) is 8.79. The maximum atomic E-state index is 12.8. The van der Waals surface area contributed by atoms with Crippen LogP contribution >= 0.6 is 0 Å². The van der Waals surface area contributed by atoms with E-state index < -0.39 is 24.9 Å². The number of ether oxygens (including phenoxy) is 1. The van der Waals surface area contributed by atoms with Gasteiger partial charge in [0.05, 0.1) is 13.2 Å². The molecule has 0 aliphatic carbocycles. The molecule has 0 aromatic carbocycles. The average Bonchev–Trinajstić information content (AvgIpc) is 2.37. The van der Waals surface area contributed by atoms with Crippen LogP contribution in [0.3, 0.4) is 0 Å². The van der Waals surface area contributed by atoms with Gasteiger partial charge in [0.1, 0.15) is 0 Å². The number of hydrogen-bond donors (Lipinski definition) is 0. The average molecular weight is 307 g/mol. The first-order valence-corrected chi connectivity index (χ1v) is 9.16. The van der Waals surface area contributed by atoms with Gasteiger partial charge in [0.25, 0.3) is 0 Å². The van der Waals surface area contributed by atoms with Gasteiger partial charge in [-0.2, -0.15) is 4.31 Å². The summed E-state index contributed by atoms with van der Waals surface area (Å²) < 4.78 is 43.4. The van der Waals surface area contributed by atoms with E-state index in [1.807, 2.05) is 13.8 Å². The Morgan fingerprint density at radius 2 is 1.79 bits per heavy atom. The highest BCUT2D eigenvalue weighted by molar-refractivity contribution is 8.06. The van der Waals surface area contributed by atoms with Gasteiger partial charge in [-0.05, 0) is 20.8 Å². The molecule has 110 valence electrons. The van der Waals surface area contributed by atoms with Crippen molar-refractivity contribution in [1.82, 2.24) is 4.31 Å². The molecule has 2 aliphatic heterocycles. The highest BCUT2D eigenvalue weighted by Crippen LogP contribution is 2.37. The van der Waals surface area contributed by atoms with Crippen molar-refractivity contribution in [2.24, 2.45) is 0 Å². The number of nitrogens with zero attached hydrogens (tertiary/aromatic N) is 1. The SMILES string of the molecule is CC1=C(C)C[C@](C)(S(=O)(=O)N2CCOCC2)S(=O)C1. The molecule has 5 nitrogen and oxygen atoms in total. The largest absolute Gasteiger partial charge is 0.379 e. The maximum Gasteiger partial charge on any atom is 0.232 e. The zero-order valence-corrected chi connectivity index (χ0v) is 13.3. The van der Waals surface area contributed by atoms with Crippen molar-refractivity contribution in [3.63, 3.8) is 0 Å². The van der Waals surface area contributed by atoms with Gasteiger partial charge in [-0.15, -0.1) is 0 Å². The van der Waals surface area contributed by atoms with Crippen LogP contribution in [0.2, 0.25) is 0 Å². The first-order valence-electron chi connectivity index (χ1n) is 6.40. The third-order valence-electron chi connectivity index (χ3n) is 4.00. The Hall–Kier alpha value is -0.240. The molecule has 0 saturated carbocycles. The van der Waals surface area contributed by atoms with Crippen LogP contribution in [0, 0.1) is 0 Å². The lowest BCUT2D eigenvalue weighted by molar-refractivity contribution is 0.0724. The summed E-state index contributed by atoms with van der Waals surface area (Å²) in [6.07, 6.45) is 0.352. The minimum absolute atomic E-state index is 0.352. The van der Waals surface area contributed by atoms with E-state index in [0.29, 0.717) is 38.5 Å². The summed E-state index contributed by atoms with van der Waals surface area (Å²) in [6.45, 7) is 7.01. The van der Waals surface area contributed by atoms with Crippen LogP contribution in [0.1, 0.15) is 27.2 Å². The molecular formula is C12H21NO4S2. The quantitative estimate of drug-likeness (QED) is 0.710. The van der Waals surface area contributed by atoms with E-state index in [1.165, 1.54) is 4.31 Å². The molecule has 0 spiro atoms. The molecule has 0 amide bonds. The Balaban J connectivity index is 2.35. The number of sulfonamides is 1. The lowest BCUT2D eigenvalue weighted by Crippen LogP contribution is -2.54. The van der Waals surface area contributed by atoms with Gasteiger partial charge in [0, 0.05) is 36.1 Å². The zero-order chi connectivity index (χ0) is 14.3. The molecule has 0 aromatic heterocycles. The van der Waals surface area contributed by atoms with Crippen LogP contribution in [0.5, 0.6) is 0 Å². The summed E-state index contributed by atoms with van der Waals surface area (Å²) in [4.78, 5) is 0. The van der Waals surface area contributed by atoms with Crippen LogP contribution < -0.4 is 0 Å². The van der Waals surface area contributed by atoms with Gasteiger partial charge in [-0.1, -0.05) is 11.1 Å².